The number of benzene rings is 1. The Morgan fingerprint density at radius 2 is 2.00 bits per heavy atom. The standard InChI is InChI=1S/C20H28N4O/c1-17-21-11-14-24(17)15-19-8-12-23(13-9-19)16-20(25)22-10-7-18-5-3-2-4-6-18/h2-6,11,14,19H,7-10,12-13,15-16H2,1H3,(H,22,25). The van der Waals surface area contributed by atoms with Crippen LogP contribution in [0.3, 0.4) is 0 Å². The molecule has 1 fully saturated rings. The normalized spacial score (nSPS) is 16.0. The number of hydrogen-bond acceptors (Lipinski definition) is 3. The maximum atomic E-state index is 12.1. The molecule has 2 heterocycles. The van der Waals surface area contributed by atoms with Crippen molar-refractivity contribution in [1.82, 2.24) is 19.8 Å². The molecule has 1 N–H and O–H groups in total. The molecule has 134 valence electrons. The van der Waals surface area contributed by atoms with Gasteiger partial charge >= 0.3 is 0 Å². The number of carbonyl (C=O) groups is 1. The zero-order valence-corrected chi connectivity index (χ0v) is 15.0. The molecule has 1 aromatic carbocycles. The zero-order chi connectivity index (χ0) is 17.5. The number of carbonyl (C=O) groups excluding carboxylic acids is 1. The highest BCUT2D eigenvalue weighted by Crippen LogP contribution is 2.19. The first-order chi connectivity index (χ1) is 12.2. The minimum atomic E-state index is 0.139. The number of rotatable bonds is 7. The van der Waals surface area contributed by atoms with Gasteiger partial charge in [-0.3, -0.25) is 9.69 Å². The summed E-state index contributed by atoms with van der Waals surface area (Å²) in [6.07, 6.45) is 7.11. The smallest absolute Gasteiger partial charge is 0.234 e. The Morgan fingerprint density at radius 3 is 2.68 bits per heavy atom. The first-order valence-corrected chi connectivity index (χ1v) is 9.21. The van der Waals surface area contributed by atoms with Gasteiger partial charge in [0.2, 0.25) is 5.91 Å². The van der Waals surface area contributed by atoms with Gasteiger partial charge in [0.1, 0.15) is 5.82 Å². The molecule has 1 saturated heterocycles. The fourth-order valence-electron chi connectivity index (χ4n) is 3.45. The van der Waals surface area contributed by atoms with E-state index in [0.29, 0.717) is 19.0 Å². The lowest BCUT2D eigenvalue weighted by Gasteiger charge is -2.31. The summed E-state index contributed by atoms with van der Waals surface area (Å²) in [6, 6.07) is 10.3. The lowest BCUT2D eigenvalue weighted by atomic mass is 9.96. The predicted octanol–water partition coefficient (Wildman–Crippen LogP) is 2.26. The Labute approximate surface area is 150 Å². The van der Waals surface area contributed by atoms with Crippen molar-refractivity contribution in [3.8, 4) is 0 Å². The Bertz CT molecular complexity index is 659. The third kappa shape index (κ3) is 5.43. The van der Waals surface area contributed by atoms with E-state index in [1.54, 1.807) is 0 Å². The van der Waals surface area contributed by atoms with Gasteiger partial charge in [0, 0.05) is 25.5 Å². The maximum absolute atomic E-state index is 12.1. The van der Waals surface area contributed by atoms with Crippen LogP contribution in [0.25, 0.3) is 0 Å². The lowest BCUT2D eigenvalue weighted by Crippen LogP contribution is -2.42. The van der Waals surface area contributed by atoms with Gasteiger partial charge in [0.15, 0.2) is 0 Å². The third-order valence-corrected chi connectivity index (χ3v) is 5.03. The van der Waals surface area contributed by atoms with Crippen molar-refractivity contribution < 1.29 is 4.79 Å². The summed E-state index contributed by atoms with van der Waals surface area (Å²) in [5.41, 5.74) is 1.26. The average Bonchev–Trinajstić information content (AvgIpc) is 3.02. The van der Waals surface area contributed by atoms with Crippen molar-refractivity contribution >= 4 is 5.91 Å². The minimum absolute atomic E-state index is 0.139. The van der Waals surface area contributed by atoms with E-state index in [1.165, 1.54) is 5.56 Å². The first kappa shape index (κ1) is 17.7. The van der Waals surface area contributed by atoms with Crippen molar-refractivity contribution in [2.45, 2.75) is 32.7 Å². The van der Waals surface area contributed by atoms with Crippen LogP contribution < -0.4 is 5.32 Å². The highest BCUT2D eigenvalue weighted by molar-refractivity contribution is 5.78. The quantitative estimate of drug-likeness (QED) is 0.841. The van der Waals surface area contributed by atoms with Gasteiger partial charge in [-0.15, -0.1) is 0 Å². The van der Waals surface area contributed by atoms with Gasteiger partial charge in [0.05, 0.1) is 6.54 Å². The van der Waals surface area contributed by atoms with Crippen LogP contribution >= 0.6 is 0 Å². The van der Waals surface area contributed by atoms with Gasteiger partial charge < -0.3 is 9.88 Å². The highest BCUT2D eigenvalue weighted by Gasteiger charge is 2.21. The number of nitrogens with zero attached hydrogens (tertiary/aromatic N) is 3. The Hall–Kier alpha value is -2.14. The molecule has 3 rings (SSSR count). The van der Waals surface area contributed by atoms with E-state index in [-0.39, 0.29) is 5.91 Å². The number of aryl methyl sites for hydroxylation is 1. The summed E-state index contributed by atoms with van der Waals surface area (Å²) in [6.45, 7) is 6.33. The molecular formula is C20H28N4O. The predicted molar refractivity (Wildman–Crippen MR) is 99.3 cm³/mol. The van der Waals surface area contributed by atoms with E-state index in [0.717, 1.165) is 44.7 Å². The van der Waals surface area contributed by atoms with Gasteiger partial charge in [-0.05, 0) is 50.8 Å². The second-order valence-electron chi connectivity index (χ2n) is 6.93. The fourth-order valence-corrected chi connectivity index (χ4v) is 3.45. The van der Waals surface area contributed by atoms with E-state index in [2.05, 4.69) is 45.0 Å². The summed E-state index contributed by atoms with van der Waals surface area (Å²) in [5, 5.41) is 3.04. The molecule has 2 aromatic rings. The van der Waals surface area contributed by atoms with Crippen LogP contribution in [0.15, 0.2) is 42.7 Å². The fraction of sp³-hybridized carbons (Fsp3) is 0.500. The molecule has 0 atom stereocenters. The first-order valence-electron chi connectivity index (χ1n) is 9.21. The Morgan fingerprint density at radius 1 is 1.24 bits per heavy atom. The summed E-state index contributed by atoms with van der Waals surface area (Å²) in [4.78, 5) is 18.7. The minimum Gasteiger partial charge on any atom is -0.355 e. The maximum Gasteiger partial charge on any atom is 0.234 e. The van der Waals surface area contributed by atoms with Crippen LogP contribution in [0.5, 0.6) is 0 Å². The van der Waals surface area contributed by atoms with E-state index in [4.69, 9.17) is 0 Å². The van der Waals surface area contributed by atoms with E-state index in [1.807, 2.05) is 24.4 Å². The SMILES string of the molecule is Cc1nccn1CC1CCN(CC(=O)NCCc2ccccc2)CC1. The van der Waals surface area contributed by atoms with Crippen LogP contribution in [0.1, 0.15) is 24.2 Å². The van der Waals surface area contributed by atoms with E-state index < -0.39 is 0 Å². The molecular weight excluding hydrogens is 312 g/mol. The molecule has 0 saturated carbocycles. The van der Waals surface area contributed by atoms with Crippen molar-refractivity contribution in [2.24, 2.45) is 5.92 Å². The number of likely N-dealkylation sites (tertiary alicyclic amines) is 1. The molecule has 5 heteroatoms. The molecule has 0 spiro atoms. The van der Waals surface area contributed by atoms with Crippen LogP contribution in [-0.4, -0.2) is 46.5 Å². The monoisotopic (exact) mass is 340 g/mol. The van der Waals surface area contributed by atoms with Gasteiger partial charge in [0.25, 0.3) is 0 Å². The summed E-state index contributed by atoms with van der Waals surface area (Å²) >= 11 is 0. The molecule has 0 unspecified atom stereocenters. The van der Waals surface area contributed by atoms with Crippen LogP contribution in [0.4, 0.5) is 0 Å². The number of nitrogens with one attached hydrogen (secondary N) is 1. The number of imidazole rings is 1. The number of hydrogen-bond donors (Lipinski definition) is 1. The van der Waals surface area contributed by atoms with Crippen LogP contribution in [0.2, 0.25) is 0 Å². The molecule has 5 nitrogen and oxygen atoms in total. The molecule has 0 radical (unpaired) electrons. The van der Waals surface area contributed by atoms with Crippen molar-refractivity contribution in [2.75, 3.05) is 26.2 Å². The summed E-state index contributed by atoms with van der Waals surface area (Å²) in [7, 11) is 0. The van der Waals surface area contributed by atoms with Crippen molar-refractivity contribution in [3.05, 3.63) is 54.1 Å². The molecule has 1 aliphatic rings. The molecule has 1 aromatic heterocycles. The topological polar surface area (TPSA) is 50.2 Å². The number of aromatic nitrogens is 2. The Kier molecular flexibility index (Phi) is 6.23. The lowest BCUT2D eigenvalue weighted by molar-refractivity contribution is -0.122. The Balaban J connectivity index is 1.33. The average molecular weight is 340 g/mol. The zero-order valence-electron chi connectivity index (χ0n) is 15.0. The second-order valence-corrected chi connectivity index (χ2v) is 6.93. The molecule has 0 bridgehead atoms. The second kappa shape index (κ2) is 8.81. The van der Waals surface area contributed by atoms with Crippen LogP contribution in [0, 0.1) is 12.8 Å². The molecule has 1 amide bonds. The third-order valence-electron chi connectivity index (χ3n) is 5.03. The molecule has 1 aliphatic heterocycles. The number of amides is 1. The molecule has 0 aliphatic carbocycles. The van der Waals surface area contributed by atoms with Gasteiger partial charge in [-0.1, -0.05) is 30.3 Å². The van der Waals surface area contributed by atoms with Gasteiger partial charge in [-0.25, -0.2) is 4.98 Å². The van der Waals surface area contributed by atoms with Crippen molar-refractivity contribution in [3.63, 3.8) is 0 Å². The van der Waals surface area contributed by atoms with Crippen LogP contribution in [-0.2, 0) is 17.8 Å². The van der Waals surface area contributed by atoms with Crippen molar-refractivity contribution in [1.29, 1.82) is 0 Å². The van der Waals surface area contributed by atoms with E-state index in [9.17, 15) is 4.79 Å². The highest BCUT2D eigenvalue weighted by atomic mass is 16.2. The summed E-state index contributed by atoms with van der Waals surface area (Å²) in [5.74, 6) is 1.91. The van der Waals surface area contributed by atoms with Gasteiger partial charge in [-0.2, -0.15) is 0 Å². The van der Waals surface area contributed by atoms with E-state index >= 15 is 0 Å². The molecule has 25 heavy (non-hydrogen) atoms. The number of piperidine rings is 1. The summed E-state index contributed by atoms with van der Waals surface area (Å²) < 4.78 is 2.23. The largest absolute Gasteiger partial charge is 0.355 e.